The van der Waals surface area contributed by atoms with Gasteiger partial charge in [-0.15, -0.1) is 10.2 Å². The monoisotopic (exact) mass is 520 g/mol. The Morgan fingerprint density at radius 3 is 2.63 bits per heavy atom. The molecule has 198 valence electrons. The molecule has 0 amide bonds. The van der Waals surface area contributed by atoms with Crippen LogP contribution in [0.3, 0.4) is 0 Å². The summed E-state index contributed by atoms with van der Waals surface area (Å²) in [7, 11) is 1.78. The van der Waals surface area contributed by atoms with Gasteiger partial charge in [-0.05, 0) is 48.1 Å². The molecule has 7 rings (SSSR count). The maximum atomic E-state index is 14.3. The number of aromatic amines is 1. The fourth-order valence-electron chi connectivity index (χ4n) is 6.28. The van der Waals surface area contributed by atoms with Crippen LogP contribution in [0.15, 0.2) is 47.7 Å². The SMILES string of the molecule is Cn1cnnc1C1(c2cccc(-n3cc(C4CC4)c4cc(CN5CCOCC5)[nH]c4c3=O)c2)CC(F)(F)C1. The first-order valence-electron chi connectivity index (χ1n) is 13.2. The Morgan fingerprint density at radius 1 is 1.16 bits per heavy atom. The predicted molar refractivity (Wildman–Crippen MR) is 138 cm³/mol. The van der Waals surface area contributed by atoms with Crippen molar-refractivity contribution >= 4 is 10.9 Å². The average Bonchev–Trinajstić information content (AvgIpc) is 3.50. The molecule has 38 heavy (non-hydrogen) atoms. The lowest BCUT2D eigenvalue weighted by atomic mass is 9.61. The van der Waals surface area contributed by atoms with E-state index in [1.54, 1.807) is 16.2 Å². The van der Waals surface area contributed by atoms with Gasteiger partial charge in [0.15, 0.2) is 0 Å². The van der Waals surface area contributed by atoms with Crippen LogP contribution < -0.4 is 5.56 Å². The number of alkyl halides is 2. The quantitative estimate of drug-likeness (QED) is 0.418. The summed E-state index contributed by atoms with van der Waals surface area (Å²) in [5.41, 5.74) is 3.07. The second kappa shape index (κ2) is 8.57. The van der Waals surface area contributed by atoms with E-state index in [1.165, 1.54) is 6.33 Å². The zero-order chi connectivity index (χ0) is 26.1. The van der Waals surface area contributed by atoms with Crippen LogP contribution in [0.1, 0.15) is 54.2 Å². The summed E-state index contributed by atoms with van der Waals surface area (Å²) in [6.45, 7) is 3.92. The second-order valence-corrected chi connectivity index (χ2v) is 11.1. The Morgan fingerprint density at radius 2 is 1.95 bits per heavy atom. The molecule has 1 aliphatic heterocycles. The number of hydrogen-bond donors (Lipinski definition) is 1. The van der Waals surface area contributed by atoms with Crippen LogP contribution in [-0.4, -0.2) is 61.4 Å². The molecule has 3 aromatic heterocycles. The van der Waals surface area contributed by atoms with Crippen molar-refractivity contribution in [1.29, 1.82) is 0 Å². The summed E-state index contributed by atoms with van der Waals surface area (Å²) in [6.07, 6.45) is 5.02. The Kier molecular flexibility index (Phi) is 5.35. The van der Waals surface area contributed by atoms with E-state index in [1.807, 2.05) is 30.5 Å². The molecular weight excluding hydrogens is 490 g/mol. The normalized spacial score (nSPS) is 21.0. The first kappa shape index (κ1) is 23.7. The number of morpholine rings is 1. The van der Waals surface area contributed by atoms with Gasteiger partial charge in [0.2, 0.25) is 0 Å². The third-order valence-corrected chi connectivity index (χ3v) is 8.34. The topological polar surface area (TPSA) is 81.0 Å². The van der Waals surface area contributed by atoms with Gasteiger partial charge in [0, 0.05) is 62.5 Å². The van der Waals surface area contributed by atoms with Crippen molar-refractivity contribution in [2.24, 2.45) is 7.05 Å². The maximum Gasteiger partial charge on any atom is 0.279 e. The van der Waals surface area contributed by atoms with E-state index >= 15 is 0 Å². The number of hydrogen-bond acceptors (Lipinski definition) is 5. The molecule has 1 saturated heterocycles. The van der Waals surface area contributed by atoms with E-state index in [4.69, 9.17) is 4.74 Å². The molecule has 4 heterocycles. The van der Waals surface area contributed by atoms with E-state index in [0.717, 1.165) is 67.9 Å². The smallest absolute Gasteiger partial charge is 0.279 e. The van der Waals surface area contributed by atoms with Gasteiger partial charge in [-0.1, -0.05) is 12.1 Å². The summed E-state index contributed by atoms with van der Waals surface area (Å²) in [5.74, 6) is -1.83. The van der Waals surface area contributed by atoms with E-state index in [2.05, 4.69) is 26.1 Å². The van der Waals surface area contributed by atoms with Crippen molar-refractivity contribution in [2.45, 2.75) is 49.5 Å². The Labute approximate surface area is 218 Å². The number of nitrogens with one attached hydrogen (secondary N) is 1. The minimum Gasteiger partial charge on any atom is -0.379 e. The van der Waals surface area contributed by atoms with Gasteiger partial charge < -0.3 is 14.3 Å². The fourth-order valence-corrected chi connectivity index (χ4v) is 6.28. The number of aromatic nitrogens is 5. The van der Waals surface area contributed by atoms with Gasteiger partial charge in [0.1, 0.15) is 17.7 Å². The molecule has 2 saturated carbocycles. The number of pyridine rings is 1. The van der Waals surface area contributed by atoms with Gasteiger partial charge in [-0.25, -0.2) is 8.78 Å². The van der Waals surface area contributed by atoms with Crippen LogP contribution in [0.25, 0.3) is 16.6 Å². The van der Waals surface area contributed by atoms with Gasteiger partial charge in [-0.3, -0.25) is 14.3 Å². The zero-order valence-corrected chi connectivity index (χ0v) is 21.3. The van der Waals surface area contributed by atoms with Crippen molar-refractivity contribution < 1.29 is 13.5 Å². The summed E-state index contributed by atoms with van der Waals surface area (Å²) in [6, 6.07) is 9.55. The Hall–Kier alpha value is -3.37. The number of benzene rings is 1. The number of ether oxygens (including phenoxy) is 1. The van der Waals surface area contributed by atoms with Crippen LogP contribution in [0.4, 0.5) is 8.78 Å². The van der Waals surface area contributed by atoms with Crippen molar-refractivity contribution in [2.75, 3.05) is 26.3 Å². The highest BCUT2D eigenvalue weighted by molar-refractivity contribution is 5.84. The first-order valence-corrected chi connectivity index (χ1v) is 13.2. The molecule has 0 atom stereocenters. The van der Waals surface area contributed by atoms with Crippen LogP contribution in [-0.2, 0) is 23.7 Å². The minimum atomic E-state index is -2.77. The third-order valence-electron chi connectivity index (χ3n) is 8.34. The third kappa shape index (κ3) is 3.89. The van der Waals surface area contributed by atoms with E-state index in [9.17, 15) is 13.6 Å². The molecule has 1 aromatic carbocycles. The molecule has 0 spiro atoms. The highest BCUT2D eigenvalue weighted by atomic mass is 19.3. The van der Waals surface area contributed by atoms with Crippen LogP contribution in [0, 0.1) is 0 Å². The standard InChI is InChI=1S/C28H30F2N6O2/c1-34-17-31-33-26(34)27(15-28(29,30)16-27)19-3-2-4-21(11-19)36-14-23(18-5-6-18)22-12-20(32-24(22)25(36)37)13-35-7-9-38-10-8-35/h2-4,11-12,14,17-18,32H,5-10,13,15-16H2,1H3. The van der Waals surface area contributed by atoms with Gasteiger partial charge in [-0.2, -0.15) is 0 Å². The fraction of sp³-hybridized carbons (Fsp3) is 0.464. The number of halogens is 2. The van der Waals surface area contributed by atoms with Crippen LogP contribution in [0.2, 0.25) is 0 Å². The van der Waals surface area contributed by atoms with Crippen molar-refractivity contribution in [1.82, 2.24) is 29.2 Å². The molecule has 0 radical (unpaired) electrons. The molecule has 3 fully saturated rings. The molecular formula is C28H30F2N6O2. The number of nitrogens with zero attached hydrogens (tertiary/aromatic N) is 5. The molecule has 8 nitrogen and oxygen atoms in total. The number of aryl methyl sites for hydroxylation is 1. The molecule has 2 aliphatic carbocycles. The van der Waals surface area contributed by atoms with Gasteiger partial charge in [0.25, 0.3) is 11.5 Å². The lowest BCUT2D eigenvalue weighted by molar-refractivity contribution is -0.116. The van der Waals surface area contributed by atoms with Crippen molar-refractivity contribution in [3.8, 4) is 5.69 Å². The van der Waals surface area contributed by atoms with E-state index < -0.39 is 11.3 Å². The lowest BCUT2D eigenvalue weighted by Gasteiger charge is -2.46. The summed E-state index contributed by atoms with van der Waals surface area (Å²) in [4.78, 5) is 19.6. The van der Waals surface area contributed by atoms with E-state index in [0.29, 0.717) is 22.9 Å². The average molecular weight is 521 g/mol. The molecule has 0 bridgehead atoms. The maximum absolute atomic E-state index is 14.3. The van der Waals surface area contributed by atoms with Crippen LogP contribution >= 0.6 is 0 Å². The Bertz CT molecular complexity index is 1570. The molecule has 10 heteroatoms. The summed E-state index contributed by atoms with van der Waals surface area (Å²) >= 11 is 0. The van der Waals surface area contributed by atoms with Crippen molar-refractivity contribution in [3.05, 3.63) is 75.9 Å². The predicted octanol–water partition coefficient (Wildman–Crippen LogP) is 3.87. The Balaban J connectivity index is 1.32. The summed E-state index contributed by atoms with van der Waals surface area (Å²) in [5, 5.41) is 9.14. The highest BCUT2D eigenvalue weighted by Crippen LogP contribution is 2.56. The summed E-state index contributed by atoms with van der Waals surface area (Å²) < 4.78 is 37.4. The number of rotatable bonds is 6. The van der Waals surface area contributed by atoms with E-state index in [-0.39, 0.29) is 18.4 Å². The lowest BCUT2D eigenvalue weighted by Crippen LogP contribution is -2.51. The molecule has 3 aliphatic rings. The molecule has 4 aromatic rings. The highest BCUT2D eigenvalue weighted by Gasteiger charge is 2.60. The number of H-pyrrole nitrogens is 1. The van der Waals surface area contributed by atoms with Gasteiger partial charge in [0.05, 0.1) is 18.6 Å². The largest absolute Gasteiger partial charge is 0.379 e. The van der Waals surface area contributed by atoms with Gasteiger partial charge >= 0.3 is 0 Å². The van der Waals surface area contributed by atoms with Crippen LogP contribution in [0.5, 0.6) is 0 Å². The number of fused-ring (bicyclic) bond motifs is 1. The molecule has 0 unspecified atom stereocenters. The second-order valence-electron chi connectivity index (χ2n) is 11.1. The minimum absolute atomic E-state index is 0.138. The first-order chi connectivity index (χ1) is 18.3. The zero-order valence-electron chi connectivity index (χ0n) is 21.3. The van der Waals surface area contributed by atoms with Crippen molar-refractivity contribution in [3.63, 3.8) is 0 Å². The molecule has 1 N–H and O–H groups in total.